The number of hydrogen-bond donors (Lipinski definition) is 1. The quantitative estimate of drug-likeness (QED) is 0.521. The minimum Gasteiger partial charge on any atom is -0.398 e. The van der Waals surface area contributed by atoms with Gasteiger partial charge in [0.1, 0.15) is 0 Å². The summed E-state index contributed by atoms with van der Waals surface area (Å²) in [6.45, 7) is 0. The summed E-state index contributed by atoms with van der Waals surface area (Å²) in [5.41, 5.74) is 3.36. The molecular weight excluding hydrogens is 276 g/mol. The Morgan fingerprint density at radius 2 is 1.68 bits per heavy atom. The van der Waals surface area contributed by atoms with Crippen molar-refractivity contribution in [2.24, 2.45) is 0 Å². The number of hydrogen-bond acceptors (Lipinski definition) is 2. The number of halogens is 6. The van der Waals surface area contributed by atoms with Crippen LogP contribution in [0.15, 0.2) is 18.2 Å². The van der Waals surface area contributed by atoms with Crippen LogP contribution in [0.5, 0.6) is 0 Å². The van der Waals surface area contributed by atoms with Gasteiger partial charge in [0, 0.05) is 17.7 Å². The number of carbonyl (C=O) groups excluding carboxylic acids is 1. The maximum atomic E-state index is 12.4. The molecule has 0 unspecified atom stereocenters. The Hall–Kier alpha value is -1.73. The largest absolute Gasteiger partial charge is 0.416 e. The molecule has 1 aromatic carbocycles. The van der Waals surface area contributed by atoms with E-state index in [-0.39, 0.29) is 5.69 Å². The van der Waals surface area contributed by atoms with Crippen LogP contribution in [-0.4, -0.2) is 12.0 Å². The highest BCUT2D eigenvalue weighted by Crippen LogP contribution is 2.32. The third-order valence-corrected chi connectivity index (χ3v) is 2.32. The minimum absolute atomic E-state index is 0.278. The lowest BCUT2D eigenvalue weighted by Gasteiger charge is -2.11. The van der Waals surface area contributed by atoms with E-state index < -0.39 is 42.1 Å². The van der Waals surface area contributed by atoms with Crippen molar-refractivity contribution in [2.75, 3.05) is 5.73 Å². The van der Waals surface area contributed by atoms with Crippen LogP contribution in [-0.2, 0) is 6.18 Å². The van der Waals surface area contributed by atoms with Gasteiger partial charge in [-0.1, -0.05) is 0 Å². The van der Waals surface area contributed by atoms with E-state index in [2.05, 4.69) is 0 Å². The summed E-state index contributed by atoms with van der Waals surface area (Å²) in [7, 11) is 0. The van der Waals surface area contributed by atoms with E-state index in [1.807, 2.05) is 0 Å². The van der Waals surface area contributed by atoms with Crippen molar-refractivity contribution in [1.82, 2.24) is 0 Å². The smallest absolute Gasteiger partial charge is 0.398 e. The molecule has 0 aliphatic carbocycles. The molecule has 0 spiro atoms. The molecule has 0 atom stereocenters. The van der Waals surface area contributed by atoms with Gasteiger partial charge < -0.3 is 5.73 Å². The number of rotatable bonds is 3. The Bertz CT molecular complexity index is 477. The van der Waals surface area contributed by atoms with Gasteiger partial charge in [-0.15, -0.1) is 0 Å². The van der Waals surface area contributed by atoms with Crippen molar-refractivity contribution in [2.45, 2.75) is 25.2 Å². The number of Topliss-reactive ketones (excluding diaryl/α,β-unsaturated/α-hetero) is 1. The van der Waals surface area contributed by atoms with Crippen LogP contribution in [0.3, 0.4) is 0 Å². The van der Waals surface area contributed by atoms with Crippen molar-refractivity contribution in [3.8, 4) is 0 Å². The highest BCUT2D eigenvalue weighted by molar-refractivity contribution is 6.00. The van der Waals surface area contributed by atoms with Gasteiger partial charge in [-0.3, -0.25) is 4.79 Å². The second kappa shape index (κ2) is 5.10. The molecule has 0 radical (unpaired) electrons. The summed E-state index contributed by atoms with van der Waals surface area (Å²) in [6, 6.07) is 1.98. The highest BCUT2D eigenvalue weighted by atomic mass is 19.4. The Labute approximate surface area is 104 Å². The van der Waals surface area contributed by atoms with Gasteiger partial charge in [0.05, 0.1) is 12.0 Å². The van der Waals surface area contributed by atoms with Gasteiger partial charge in [-0.25, -0.2) is 0 Å². The van der Waals surface area contributed by atoms with Gasteiger partial charge >= 0.3 is 12.4 Å². The summed E-state index contributed by atoms with van der Waals surface area (Å²) < 4.78 is 73.0. The number of anilines is 1. The van der Waals surface area contributed by atoms with Crippen molar-refractivity contribution in [3.63, 3.8) is 0 Å². The average molecular weight is 285 g/mol. The maximum Gasteiger partial charge on any atom is 0.416 e. The summed E-state index contributed by atoms with van der Waals surface area (Å²) in [5.74, 6) is -1.07. The lowest BCUT2D eigenvalue weighted by Crippen LogP contribution is -2.13. The molecule has 0 saturated heterocycles. The van der Waals surface area contributed by atoms with Crippen LogP contribution >= 0.6 is 0 Å². The van der Waals surface area contributed by atoms with Crippen LogP contribution < -0.4 is 5.73 Å². The first kappa shape index (κ1) is 15.3. The molecule has 2 nitrogen and oxygen atoms in total. The third kappa shape index (κ3) is 4.46. The molecule has 1 aromatic rings. The van der Waals surface area contributed by atoms with Gasteiger partial charge in [0.2, 0.25) is 0 Å². The second-order valence-corrected chi connectivity index (χ2v) is 3.84. The standard InChI is InChI=1S/C11H9F6NO/c12-10(13,14)4-3-9(19)7-5-6(11(15,16)17)1-2-8(7)18/h1-2,5H,3-4,18H2. The number of benzene rings is 1. The van der Waals surface area contributed by atoms with Crippen LogP contribution in [0.25, 0.3) is 0 Å². The van der Waals surface area contributed by atoms with E-state index in [9.17, 15) is 31.1 Å². The monoisotopic (exact) mass is 285 g/mol. The van der Waals surface area contributed by atoms with Crippen molar-refractivity contribution in [1.29, 1.82) is 0 Å². The minimum atomic E-state index is -4.69. The Kier molecular flexibility index (Phi) is 4.12. The summed E-state index contributed by atoms with van der Waals surface area (Å²) in [4.78, 5) is 11.4. The number of alkyl halides is 6. The number of nitrogens with two attached hydrogens (primary N) is 1. The average Bonchev–Trinajstić information content (AvgIpc) is 2.24. The molecular formula is C11H9F6NO. The van der Waals surface area contributed by atoms with Crippen LogP contribution in [0.4, 0.5) is 32.0 Å². The molecule has 1 rings (SSSR count). The van der Waals surface area contributed by atoms with Gasteiger partial charge in [-0.2, -0.15) is 26.3 Å². The predicted molar refractivity (Wildman–Crippen MR) is 55.5 cm³/mol. The third-order valence-electron chi connectivity index (χ3n) is 2.32. The zero-order chi connectivity index (χ0) is 14.8. The molecule has 19 heavy (non-hydrogen) atoms. The number of ketones is 1. The Morgan fingerprint density at radius 1 is 1.11 bits per heavy atom. The molecule has 0 aliphatic heterocycles. The molecule has 0 bridgehead atoms. The predicted octanol–water partition coefficient (Wildman–Crippen LogP) is 3.81. The Morgan fingerprint density at radius 3 is 2.16 bits per heavy atom. The lowest BCUT2D eigenvalue weighted by atomic mass is 10.0. The molecule has 106 valence electrons. The number of carbonyl (C=O) groups is 1. The molecule has 8 heteroatoms. The fraction of sp³-hybridized carbons (Fsp3) is 0.364. The molecule has 0 fully saturated rings. The normalized spacial score (nSPS) is 12.5. The topological polar surface area (TPSA) is 43.1 Å². The van der Waals surface area contributed by atoms with Crippen molar-refractivity contribution < 1.29 is 31.1 Å². The number of nitrogen functional groups attached to an aromatic ring is 1. The molecule has 0 heterocycles. The molecule has 0 saturated carbocycles. The first-order valence-corrected chi connectivity index (χ1v) is 5.07. The van der Waals surface area contributed by atoms with Gasteiger partial charge in [0.15, 0.2) is 5.78 Å². The molecule has 0 aliphatic rings. The highest BCUT2D eigenvalue weighted by Gasteiger charge is 2.32. The second-order valence-electron chi connectivity index (χ2n) is 3.84. The fourth-order valence-electron chi connectivity index (χ4n) is 1.36. The van der Waals surface area contributed by atoms with Crippen LogP contribution in [0, 0.1) is 0 Å². The zero-order valence-corrected chi connectivity index (χ0v) is 9.40. The maximum absolute atomic E-state index is 12.4. The van der Waals surface area contributed by atoms with E-state index in [4.69, 9.17) is 5.73 Å². The van der Waals surface area contributed by atoms with E-state index >= 15 is 0 Å². The molecule has 2 N–H and O–H groups in total. The molecule has 0 aromatic heterocycles. The van der Waals surface area contributed by atoms with Gasteiger partial charge in [0.25, 0.3) is 0 Å². The lowest BCUT2D eigenvalue weighted by molar-refractivity contribution is -0.137. The molecule has 0 amide bonds. The Balaban J connectivity index is 2.97. The van der Waals surface area contributed by atoms with E-state index in [0.717, 1.165) is 6.07 Å². The summed E-state index contributed by atoms with van der Waals surface area (Å²) in [6.07, 6.45) is -11.6. The summed E-state index contributed by atoms with van der Waals surface area (Å²) in [5, 5.41) is 0. The zero-order valence-electron chi connectivity index (χ0n) is 9.40. The van der Waals surface area contributed by atoms with Crippen molar-refractivity contribution in [3.05, 3.63) is 29.3 Å². The van der Waals surface area contributed by atoms with E-state index in [0.29, 0.717) is 12.1 Å². The van der Waals surface area contributed by atoms with Gasteiger partial charge in [-0.05, 0) is 18.2 Å². The van der Waals surface area contributed by atoms with E-state index in [1.54, 1.807) is 0 Å². The first-order chi connectivity index (χ1) is 8.50. The van der Waals surface area contributed by atoms with Crippen LogP contribution in [0.2, 0.25) is 0 Å². The van der Waals surface area contributed by atoms with E-state index in [1.165, 1.54) is 0 Å². The first-order valence-electron chi connectivity index (χ1n) is 5.07. The SMILES string of the molecule is Nc1ccc(C(F)(F)F)cc1C(=O)CCC(F)(F)F. The fourth-order valence-corrected chi connectivity index (χ4v) is 1.36. The van der Waals surface area contributed by atoms with Crippen molar-refractivity contribution >= 4 is 11.5 Å². The summed E-state index contributed by atoms with van der Waals surface area (Å²) >= 11 is 0. The van der Waals surface area contributed by atoms with Crippen LogP contribution in [0.1, 0.15) is 28.8 Å².